The highest BCUT2D eigenvalue weighted by atomic mass is 79.9. The molecule has 1 N–H and O–H groups in total. The first-order valence-electron chi connectivity index (χ1n) is 5.61. The Morgan fingerprint density at radius 3 is 2.84 bits per heavy atom. The molecule has 0 fully saturated rings. The molecule has 2 aromatic rings. The molecular weight excluding hydrogens is 306 g/mol. The maximum atomic E-state index is 9.17. The summed E-state index contributed by atoms with van der Waals surface area (Å²) in [6.07, 6.45) is 1.67. The van der Waals surface area contributed by atoms with E-state index >= 15 is 0 Å². The number of halogens is 1. The first kappa shape index (κ1) is 13.4. The van der Waals surface area contributed by atoms with Gasteiger partial charge < -0.3 is 10.1 Å². The number of nitrogens with one attached hydrogen (secondary N) is 1. The van der Waals surface area contributed by atoms with Gasteiger partial charge in [0.25, 0.3) is 0 Å². The molecule has 96 valence electrons. The van der Waals surface area contributed by atoms with Gasteiger partial charge in [0.05, 0.1) is 12.7 Å². The van der Waals surface area contributed by atoms with E-state index in [1.807, 2.05) is 31.2 Å². The second-order valence-corrected chi connectivity index (χ2v) is 4.88. The third-order valence-corrected chi connectivity index (χ3v) is 3.10. The molecule has 1 heterocycles. The first-order valence-corrected chi connectivity index (χ1v) is 6.40. The molecule has 19 heavy (non-hydrogen) atoms. The van der Waals surface area contributed by atoms with E-state index in [1.54, 1.807) is 13.3 Å². The maximum Gasteiger partial charge on any atom is 0.148 e. The van der Waals surface area contributed by atoms with Gasteiger partial charge >= 0.3 is 0 Å². The number of nitrogens with zero attached hydrogens (tertiary/aromatic N) is 2. The standard InChI is InChI=1S/C14H12BrN3O/c1-9-3-4-17-14(13(9)8-16)18-11-5-10(15)6-12(7-11)19-2/h3-7H,1-2H3,(H,17,18). The molecular formula is C14H12BrN3O. The molecule has 0 amide bonds. The number of aromatic nitrogens is 1. The summed E-state index contributed by atoms with van der Waals surface area (Å²) >= 11 is 3.41. The van der Waals surface area contributed by atoms with Crippen molar-refractivity contribution in [2.75, 3.05) is 12.4 Å². The van der Waals surface area contributed by atoms with Crippen LogP contribution in [0.1, 0.15) is 11.1 Å². The number of methoxy groups -OCH3 is 1. The summed E-state index contributed by atoms with van der Waals surface area (Å²) in [7, 11) is 1.61. The molecule has 2 rings (SSSR count). The highest BCUT2D eigenvalue weighted by molar-refractivity contribution is 9.10. The van der Waals surface area contributed by atoms with Gasteiger partial charge in [0.15, 0.2) is 0 Å². The van der Waals surface area contributed by atoms with Crippen LogP contribution < -0.4 is 10.1 Å². The van der Waals surface area contributed by atoms with Crippen LogP contribution in [0, 0.1) is 18.3 Å². The van der Waals surface area contributed by atoms with Crippen LogP contribution in [0.4, 0.5) is 11.5 Å². The summed E-state index contributed by atoms with van der Waals surface area (Å²) in [6, 6.07) is 9.57. The van der Waals surface area contributed by atoms with Crippen LogP contribution in [0.3, 0.4) is 0 Å². The lowest BCUT2D eigenvalue weighted by molar-refractivity contribution is 0.415. The van der Waals surface area contributed by atoms with Gasteiger partial charge in [-0.25, -0.2) is 4.98 Å². The molecule has 0 bridgehead atoms. The van der Waals surface area contributed by atoms with Crippen molar-refractivity contribution in [1.82, 2.24) is 4.98 Å². The lowest BCUT2D eigenvalue weighted by Gasteiger charge is -2.10. The van der Waals surface area contributed by atoms with E-state index in [1.165, 1.54) is 0 Å². The van der Waals surface area contributed by atoms with Crippen LogP contribution in [-0.2, 0) is 0 Å². The Hall–Kier alpha value is -2.06. The lowest BCUT2D eigenvalue weighted by atomic mass is 10.1. The van der Waals surface area contributed by atoms with E-state index in [4.69, 9.17) is 10.00 Å². The van der Waals surface area contributed by atoms with Crippen molar-refractivity contribution in [3.63, 3.8) is 0 Å². The molecule has 0 unspecified atom stereocenters. The van der Waals surface area contributed by atoms with Crippen LogP contribution in [0.5, 0.6) is 5.75 Å². The molecule has 1 aromatic carbocycles. The molecule has 1 aromatic heterocycles. The molecule has 0 aliphatic rings. The van der Waals surface area contributed by atoms with Gasteiger partial charge in [-0.15, -0.1) is 0 Å². The number of benzene rings is 1. The Morgan fingerprint density at radius 2 is 2.16 bits per heavy atom. The Kier molecular flexibility index (Phi) is 4.03. The second kappa shape index (κ2) is 5.72. The summed E-state index contributed by atoms with van der Waals surface area (Å²) in [5.74, 6) is 1.27. The van der Waals surface area contributed by atoms with E-state index in [0.29, 0.717) is 11.4 Å². The molecule has 0 atom stereocenters. The minimum atomic E-state index is 0.543. The lowest BCUT2D eigenvalue weighted by Crippen LogP contribution is -1.99. The van der Waals surface area contributed by atoms with Crippen molar-refractivity contribution in [1.29, 1.82) is 5.26 Å². The smallest absolute Gasteiger partial charge is 0.148 e. The maximum absolute atomic E-state index is 9.17. The van der Waals surface area contributed by atoms with Crippen molar-refractivity contribution in [3.05, 3.63) is 46.1 Å². The largest absolute Gasteiger partial charge is 0.497 e. The van der Waals surface area contributed by atoms with Crippen molar-refractivity contribution in [2.45, 2.75) is 6.92 Å². The Morgan fingerprint density at radius 1 is 1.37 bits per heavy atom. The van der Waals surface area contributed by atoms with Crippen molar-refractivity contribution >= 4 is 27.4 Å². The third kappa shape index (κ3) is 3.04. The normalized spacial score (nSPS) is 9.79. The number of hydrogen-bond donors (Lipinski definition) is 1. The van der Waals surface area contributed by atoms with Crippen LogP contribution in [0.25, 0.3) is 0 Å². The average molecular weight is 318 g/mol. The van der Waals surface area contributed by atoms with Crippen molar-refractivity contribution in [3.8, 4) is 11.8 Å². The fourth-order valence-electron chi connectivity index (χ4n) is 1.68. The minimum absolute atomic E-state index is 0.543. The first-order chi connectivity index (χ1) is 9.13. The van der Waals surface area contributed by atoms with Gasteiger partial charge in [-0.3, -0.25) is 0 Å². The van der Waals surface area contributed by atoms with Gasteiger partial charge in [0.2, 0.25) is 0 Å². The summed E-state index contributed by atoms with van der Waals surface area (Å²) in [5, 5.41) is 12.3. The van der Waals surface area contributed by atoms with Gasteiger partial charge in [-0.2, -0.15) is 5.26 Å². The molecule has 0 saturated heterocycles. The van der Waals surface area contributed by atoms with E-state index in [9.17, 15) is 0 Å². The number of rotatable bonds is 3. The van der Waals surface area contributed by atoms with E-state index in [-0.39, 0.29) is 0 Å². The van der Waals surface area contributed by atoms with Crippen molar-refractivity contribution < 1.29 is 4.74 Å². The van der Waals surface area contributed by atoms with Gasteiger partial charge in [0, 0.05) is 22.4 Å². The highest BCUT2D eigenvalue weighted by Crippen LogP contribution is 2.27. The van der Waals surface area contributed by atoms with E-state index in [0.717, 1.165) is 21.5 Å². The van der Waals surface area contributed by atoms with Crippen LogP contribution in [-0.4, -0.2) is 12.1 Å². The Bertz CT molecular complexity index is 650. The summed E-state index contributed by atoms with van der Waals surface area (Å²) < 4.78 is 6.09. The fourth-order valence-corrected chi connectivity index (χ4v) is 2.16. The average Bonchev–Trinajstić information content (AvgIpc) is 2.38. The minimum Gasteiger partial charge on any atom is -0.497 e. The number of ether oxygens (including phenoxy) is 1. The van der Waals surface area contributed by atoms with Gasteiger partial charge in [-0.05, 0) is 30.7 Å². The zero-order valence-electron chi connectivity index (χ0n) is 10.6. The van der Waals surface area contributed by atoms with Crippen LogP contribution >= 0.6 is 15.9 Å². The summed E-state index contributed by atoms with van der Waals surface area (Å²) in [6.45, 7) is 1.88. The molecule has 0 aliphatic heterocycles. The molecule has 0 spiro atoms. The van der Waals surface area contributed by atoms with Crippen LogP contribution in [0.15, 0.2) is 34.9 Å². The SMILES string of the molecule is COc1cc(Br)cc(Nc2nccc(C)c2C#N)c1. The predicted molar refractivity (Wildman–Crippen MR) is 77.7 cm³/mol. The molecule has 5 heteroatoms. The number of hydrogen-bond acceptors (Lipinski definition) is 4. The number of pyridine rings is 1. The Balaban J connectivity index is 2.39. The second-order valence-electron chi connectivity index (χ2n) is 3.97. The molecule has 0 radical (unpaired) electrons. The highest BCUT2D eigenvalue weighted by Gasteiger charge is 2.08. The summed E-state index contributed by atoms with van der Waals surface area (Å²) in [4.78, 5) is 4.20. The third-order valence-electron chi connectivity index (χ3n) is 2.64. The topological polar surface area (TPSA) is 57.9 Å². The Labute approximate surface area is 120 Å². The number of aryl methyl sites for hydroxylation is 1. The van der Waals surface area contributed by atoms with E-state index in [2.05, 4.69) is 32.3 Å². The zero-order chi connectivity index (χ0) is 13.8. The molecule has 0 saturated carbocycles. The molecule has 0 aliphatic carbocycles. The zero-order valence-corrected chi connectivity index (χ0v) is 12.2. The molecule has 4 nitrogen and oxygen atoms in total. The number of anilines is 2. The summed E-state index contributed by atoms with van der Waals surface area (Å²) in [5.41, 5.74) is 2.24. The van der Waals surface area contributed by atoms with Gasteiger partial charge in [-0.1, -0.05) is 15.9 Å². The number of nitriles is 1. The van der Waals surface area contributed by atoms with Crippen molar-refractivity contribution in [2.24, 2.45) is 0 Å². The quantitative estimate of drug-likeness (QED) is 0.936. The van der Waals surface area contributed by atoms with E-state index < -0.39 is 0 Å². The van der Waals surface area contributed by atoms with Crippen LogP contribution in [0.2, 0.25) is 0 Å². The van der Waals surface area contributed by atoms with Gasteiger partial charge in [0.1, 0.15) is 17.6 Å². The monoisotopic (exact) mass is 317 g/mol. The predicted octanol–water partition coefficient (Wildman–Crippen LogP) is 3.78. The fraction of sp³-hybridized carbons (Fsp3) is 0.143.